The molecule has 0 bridgehead atoms. The van der Waals surface area contributed by atoms with Crippen molar-refractivity contribution in [1.29, 1.82) is 0 Å². The van der Waals surface area contributed by atoms with Crippen molar-refractivity contribution in [2.75, 3.05) is 30.2 Å². The summed E-state index contributed by atoms with van der Waals surface area (Å²) in [5.41, 5.74) is 1.24. The average Bonchev–Trinajstić information content (AvgIpc) is 2.50. The first-order chi connectivity index (χ1) is 7.86. The van der Waals surface area contributed by atoms with Crippen LogP contribution in [0.4, 0.5) is 24.5 Å². The second-order valence-corrected chi connectivity index (χ2v) is 4.87. The monoisotopic (exact) mass is 262 g/mol. The molecule has 0 saturated heterocycles. The van der Waals surface area contributed by atoms with E-state index in [-0.39, 0.29) is 0 Å². The molecule has 94 valence electrons. The summed E-state index contributed by atoms with van der Waals surface area (Å²) < 4.78 is 38.8. The highest BCUT2D eigenvalue weighted by Gasteiger charge is 2.49. The smallest absolute Gasteiger partial charge is 0.345 e. The van der Waals surface area contributed by atoms with Crippen molar-refractivity contribution in [1.82, 2.24) is 0 Å². The summed E-state index contributed by atoms with van der Waals surface area (Å²) in [7, 11) is 2.95. The van der Waals surface area contributed by atoms with Gasteiger partial charge in [0.1, 0.15) is 0 Å². The van der Waals surface area contributed by atoms with Gasteiger partial charge < -0.3 is 9.80 Å². The van der Waals surface area contributed by atoms with Gasteiger partial charge in [0.25, 0.3) is 0 Å². The van der Waals surface area contributed by atoms with Crippen LogP contribution in [0.25, 0.3) is 0 Å². The molecule has 2 rings (SSSR count). The van der Waals surface area contributed by atoms with Crippen LogP contribution in [-0.2, 0) is 0 Å². The summed E-state index contributed by atoms with van der Waals surface area (Å²) in [5, 5.41) is 0. The number of thioether (sulfide) groups is 1. The van der Waals surface area contributed by atoms with Gasteiger partial charge in [-0.15, -0.1) is 11.8 Å². The predicted molar refractivity (Wildman–Crippen MR) is 64.9 cm³/mol. The highest BCUT2D eigenvalue weighted by atomic mass is 32.2. The van der Waals surface area contributed by atoms with Crippen LogP contribution in [0.15, 0.2) is 23.1 Å². The van der Waals surface area contributed by atoms with Gasteiger partial charge in [-0.25, -0.2) is 0 Å². The molecule has 1 heterocycles. The topological polar surface area (TPSA) is 6.48 Å². The molecule has 1 aromatic carbocycles. The standard InChI is InChI=1S/C11H13F3N2S/c1-15-8-5-4-7(17-3)6-9(8)16(2)10(15)11(12,13)14/h4-6,10H,1-3H3. The summed E-state index contributed by atoms with van der Waals surface area (Å²) in [6.07, 6.45) is -3.93. The maximum absolute atomic E-state index is 12.9. The van der Waals surface area contributed by atoms with Crippen molar-refractivity contribution in [2.45, 2.75) is 17.2 Å². The van der Waals surface area contributed by atoms with Crippen molar-refractivity contribution in [2.24, 2.45) is 0 Å². The first kappa shape index (κ1) is 12.4. The average molecular weight is 262 g/mol. The number of rotatable bonds is 1. The quantitative estimate of drug-likeness (QED) is 0.718. The molecule has 1 aliphatic rings. The number of benzene rings is 1. The van der Waals surface area contributed by atoms with E-state index in [1.54, 1.807) is 12.1 Å². The van der Waals surface area contributed by atoms with E-state index in [2.05, 4.69) is 0 Å². The number of alkyl halides is 3. The van der Waals surface area contributed by atoms with Gasteiger partial charge in [-0.1, -0.05) is 0 Å². The van der Waals surface area contributed by atoms with Crippen LogP contribution in [0.3, 0.4) is 0 Å². The second-order valence-electron chi connectivity index (χ2n) is 3.99. The third kappa shape index (κ3) is 1.94. The van der Waals surface area contributed by atoms with E-state index in [1.165, 1.54) is 35.7 Å². The SMILES string of the molecule is CSc1ccc2c(c1)N(C)C(C(F)(F)F)N2C. The molecule has 0 aliphatic carbocycles. The second kappa shape index (κ2) is 4.01. The lowest BCUT2D eigenvalue weighted by Crippen LogP contribution is -2.50. The molecular formula is C11H13F3N2S. The molecule has 0 N–H and O–H groups in total. The van der Waals surface area contributed by atoms with Crippen LogP contribution in [0.1, 0.15) is 0 Å². The van der Waals surface area contributed by atoms with E-state index < -0.39 is 12.3 Å². The Hall–Kier alpha value is -1.04. The van der Waals surface area contributed by atoms with E-state index in [9.17, 15) is 13.2 Å². The fourth-order valence-corrected chi connectivity index (χ4v) is 2.61. The number of halogens is 3. The number of fused-ring (bicyclic) bond motifs is 1. The summed E-state index contributed by atoms with van der Waals surface area (Å²) in [5.74, 6) is 0. The van der Waals surface area contributed by atoms with Crippen LogP contribution in [0.2, 0.25) is 0 Å². The number of hydrogen-bond donors (Lipinski definition) is 0. The largest absolute Gasteiger partial charge is 0.427 e. The molecule has 0 amide bonds. The van der Waals surface area contributed by atoms with Gasteiger partial charge in [0, 0.05) is 19.0 Å². The maximum Gasteiger partial charge on any atom is 0.427 e. The minimum absolute atomic E-state index is 0.618. The van der Waals surface area contributed by atoms with Gasteiger partial charge >= 0.3 is 6.18 Å². The van der Waals surface area contributed by atoms with Gasteiger partial charge in [0.05, 0.1) is 11.4 Å². The minimum atomic E-state index is -4.26. The van der Waals surface area contributed by atoms with Crippen molar-refractivity contribution < 1.29 is 13.2 Å². The molecule has 0 aromatic heterocycles. The van der Waals surface area contributed by atoms with E-state index >= 15 is 0 Å². The van der Waals surface area contributed by atoms with Gasteiger partial charge in [-0.3, -0.25) is 0 Å². The Balaban J connectivity index is 2.45. The molecule has 0 saturated carbocycles. The maximum atomic E-state index is 12.9. The molecule has 6 heteroatoms. The Morgan fingerprint density at radius 1 is 1.12 bits per heavy atom. The van der Waals surface area contributed by atoms with Gasteiger partial charge in [0.15, 0.2) is 6.17 Å². The number of hydrogen-bond acceptors (Lipinski definition) is 3. The normalized spacial score (nSPS) is 19.8. The molecule has 17 heavy (non-hydrogen) atoms. The van der Waals surface area contributed by atoms with Crippen molar-refractivity contribution in [3.05, 3.63) is 18.2 Å². The zero-order valence-corrected chi connectivity index (χ0v) is 10.6. The molecule has 0 radical (unpaired) electrons. The van der Waals surface area contributed by atoms with Gasteiger partial charge in [-0.2, -0.15) is 13.2 Å². The Morgan fingerprint density at radius 2 is 1.71 bits per heavy atom. The van der Waals surface area contributed by atoms with Crippen LogP contribution in [-0.4, -0.2) is 32.7 Å². The molecule has 1 aromatic rings. The van der Waals surface area contributed by atoms with E-state index in [0.29, 0.717) is 11.4 Å². The molecular weight excluding hydrogens is 249 g/mol. The first-order valence-corrected chi connectivity index (χ1v) is 6.29. The van der Waals surface area contributed by atoms with Crippen molar-refractivity contribution >= 4 is 23.1 Å². The number of nitrogens with zero attached hydrogens (tertiary/aromatic N) is 2. The number of anilines is 2. The summed E-state index contributed by atoms with van der Waals surface area (Å²) in [4.78, 5) is 3.50. The lowest BCUT2D eigenvalue weighted by molar-refractivity contribution is -0.145. The molecule has 1 atom stereocenters. The highest BCUT2D eigenvalue weighted by Crippen LogP contribution is 2.44. The predicted octanol–water partition coefficient (Wildman–Crippen LogP) is 3.18. The third-order valence-corrected chi connectivity index (χ3v) is 3.69. The molecule has 1 aliphatic heterocycles. The first-order valence-electron chi connectivity index (χ1n) is 5.06. The van der Waals surface area contributed by atoms with Gasteiger partial charge in [0.2, 0.25) is 0 Å². The fourth-order valence-electron chi connectivity index (χ4n) is 2.17. The zero-order valence-electron chi connectivity index (χ0n) is 9.75. The highest BCUT2D eigenvalue weighted by molar-refractivity contribution is 7.98. The zero-order chi connectivity index (χ0) is 12.8. The van der Waals surface area contributed by atoms with Crippen LogP contribution in [0.5, 0.6) is 0 Å². The lowest BCUT2D eigenvalue weighted by Gasteiger charge is -2.29. The molecule has 0 spiro atoms. The van der Waals surface area contributed by atoms with E-state index in [1.807, 2.05) is 12.3 Å². The molecule has 2 nitrogen and oxygen atoms in total. The summed E-state index contributed by atoms with van der Waals surface area (Å²) in [6, 6.07) is 5.37. The third-order valence-electron chi connectivity index (χ3n) is 2.97. The van der Waals surface area contributed by atoms with Crippen LogP contribution >= 0.6 is 11.8 Å². The van der Waals surface area contributed by atoms with Crippen LogP contribution in [0, 0.1) is 0 Å². The molecule has 1 unspecified atom stereocenters. The lowest BCUT2D eigenvalue weighted by atomic mass is 10.2. The fraction of sp³-hybridized carbons (Fsp3) is 0.455. The summed E-state index contributed by atoms with van der Waals surface area (Å²) >= 11 is 1.52. The van der Waals surface area contributed by atoms with Crippen molar-refractivity contribution in [3.63, 3.8) is 0 Å². The summed E-state index contributed by atoms with van der Waals surface area (Å²) in [6.45, 7) is 0. The van der Waals surface area contributed by atoms with Gasteiger partial charge in [-0.05, 0) is 24.5 Å². The van der Waals surface area contributed by atoms with E-state index in [0.717, 1.165) is 4.90 Å². The Morgan fingerprint density at radius 3 is 2.24 bits per heavy atom. The molecule has 0 fully saturated rings. The van der Waals surface area contributed by atoms with E-state index in [4.69, 9.17) is 0 Å². The Labute approximate surface area is 102 Å². The Bertz CT molecular complexity index is 433. The Kier molecular flexibility index (Phi) is 2.93. The van der Waals surface area contributed by atoms with Crippen LogP contribution < -0.4 is 9.80 Å². The minimum Gasteiger partial charge on any atom is -0.345 e. The van der Waals surface area contributed by atoms with Crippen molar-refractivity contribution in [3.8, 4) is 0 Å².